The van der Waals surface area contributed by atoms with Crippen LogP contribution in [0.5, 0.6) is 5.75 Å². The van der Waals surface area contributed by atoms with Crippen molar-refractivity contribution in [1.82, 2.24) is 4.90 Å². The predicted octanol–water partition coefficient (Wildman–Crippen LogP) is 3.90. The number of nitrogens with zero attached hydrogens (tertiary/aromatic N) is 1. The number of benzene rings is 3. The number of carbonyl (C=O) groups excluding carboxylic acids is 1. The molecule has 0 unspecified atom stereocenters. The normalized spacial score (nSPS) is 10.4. The van der Waals surface area contributed by atoms with Crippen molar-refractivity contribution >= 4 is 5.91 Å². The molecule has 1 amide bonds. The Balaban J connectivity index is 1.70. The summed E-state index contributed by atoms with van der Waals surface area (Å²) in [4.78, 5) is 14.6. The first-order valence-corrected chi connectivity index (χ1v) is 8.97. The molecule has 0 fully saturated rings. The van der Waals surface area contributed by atoms with Gasteiger partial charge in [-0.25, -0.2) is 0 Å². The third-order valence-corrected chi connectivity index (χ3v) is 4.20. The Morgan fingerprint density at radius 2 is 1.52 bits per heavy atom. The standard InChI is InChI=1S/C23H23NO3/c25-15-14-24(17-19-8-3-1-4-9-19)23(26)21-12-7-13-22(16-21)27-18-20-10-5-2-6-11-20/h1-13,16,25H,14-15,17-18H2. The van der Waals surface area contributed by atoms with Crippen molar-refractivity contribution in [1.29, 1.82) is 0 Å². The molecule has 4 heteroatoms. The highest BCUT2D eigenvalue weighted by Gasteiger charge is 2.16. The summed E-state index contributed by atoms with van der Waals surface area (Å²) < 4.78 is 5.82. The smallest absolute Gasteiger partial charge is 0.254 e. The molecule has 4 nitrogen and oxygen atoms in total. The van der Waals surface area contributed by atoms with Crippen LogP contribution in [0.2, 0.25) is 0 Å². The predicted molar refractivity (Wildman–Crippen MR) is 105 cm³/mol. The first-order chi connectivity index (χ1) is 13.3. The van der Waals surface area contributed by atoms with E-state index in [0.717, 1.165) is 11.1 Å². The van der Waals surface area contributed by atoms with E-state index in [-0.39, 0.29) is 19.1 Å². The van der Waals surface area contributed by atoms with Crippen molar-refractivity contribution < 1.29 is 14.6 Å². The third-order valence-electron chi connectivity index (χ3n) is 4.20. The van der Waals surface area contributed by atoms with E-state index in [4.69, 9.17) is 4.74 Å². The first kappa shape index (κ1) is 18.7. The summed E-state index contributed by atoms with van der Waals surface area (Å²) in [6.07, 6.45) is 0. The Labute approximate surface area is 159 Å². The zero-order chi connectivity index (χ0) is 18.9. The fourth-order valence-corrected chi connectivity index (χ4v) is 2.82. The molecule has 27 heavy (non-hydrogen) atoms. The van der Waals surface area contributed by atoms with Crippen LogP contribution in [-0.2, 0) is 13.2 Å². The molecular formula is C23H23NO3. The van der Waals surface area contributed by atoms with Gasteiger partial charge in [-0.1, -0.05) is 66.7 Å². The van der Waals surface area contributed by atoms with E-state index in [2.05, 4.69) is 0 Å². The molecule has 138 valence electrons. The van der Waals surface area contributed by atoms with Crippen LogP contribution < -0.4 is 4.74 Å². The van der Waals surface area contributed by atoms with Gasteiger partial charge in [0.05, 0.1) is 6.61 Å². The van der Waals surface area contributed by atoms with E-state index in [9.17, 15) is 9.90 Å². The van der Waals surface area contributed by atoms with E-state index < -0.39 is 0 Å². The zero-order valence-corrected chi connectivity index (χ0v) is 15.1. The molecule has 0 bridgehead atoms. The largest absolute Gasteiger partial charge is 0.489 e. The third kappa shape index (κ3) is 5.43. The van der Waals surface area contributed by atoms with Crippen molar-refractivity contribution in [2.75, 3.05) is 13.2 Å². The van der Waals surface area contributed by atoms with Gasteiger partial charge in [0.25, 0.3) is 5.91 Å². The number of hydrogen-bond acceptors (Lipinski definition) is 3. The van der Waals surface area contributed by atoms with Crippen LogP contribution in [0.3, 0.4) is 0 Å². The molecule has 0 spiro atoms. The number of amides is 1. The van der Waals surface area contributed by atoms with Crippen LogP contribution >= 0.6 is 0 Å². The van der Waals surface area contributed by atoms with E-state index >= 15 is 0 Å². The Kier molecular flexibility index (Phi) is 6.61. The summed E-state index contributed by atoms with van der Waals surface area (Å²) in [5.41, 5.74) is 2.64. The second-order valence-corrected chi connectivity index (χ2v) is 6.24. The number of hydrogen-bond donors (Lipinski definition) is 1. The minimum Gasteiger partial charge on any atom is -0.489 e. The van der Waals surface area contributed by atoms with Gasteiger partial charge < -0.3 is 14.7 Å². The maximum atomic E-state index is 12.9. The molecule has 0 radical (unpaired) electrons. The summed E-state index contributed by atoms with van der Waals surface area (Å²) in [6.45, 7) is 1.10. The highest BCUT2D eigenvalue weighted by Crippen LogP contribution is 2.18. The van der Waals surface area contributed by atoms with Crippen molar-refractivity contribution in [3.8, 4) is 5.75 Å². The number of carbonyl (C=O) groups is 1. The van der Waals surface area contributed by atoms with Gasteiger partial charge in [-0.2, -0.15) is 0 Å². The van der Waals surface area contributed by atoms with E-state index in [1.165, 1.54) is 0 Å². The highest BCUT2D eigenvalue weighted by molar-refractivity contribution is 5.94. The number of aliphatic hydroxyl groups excluding tert-OH is 1. The monoisotopic (exact) mass is 361 g/mol. The van der Waals surface area contributed by atoms with Crippen LogP contribution in [0.25, 0.3) is 0 Å². The molecule has 3 aromatic rings. The lowest BCUT2D eigenvalue weighted by atomic mass is 10.1. The molecule has 1 N–H and O–H groups in total. The number of rotatable bonds is 8. The van der Waals surface area contributed by atoms with Crippen LogP contribution in [0, 0.1) is 0 Å². The molecule has 3 aromatic carbocycles. The quantitative estimate of drug-likeness (QED) is 0.662. The Hall–Kier alpha value is -3.11. The van der Waals surface area contributed by atoms with Crippen LogP contribution in [0.4, 0.5) is 0 Å². The average Bonchev–Trinajstić information content (AvgIpc) is 2.73. The number of ether oxygens (including phenoxy) is 1. The van der Waals surface area contributed by atoms with Crippen molar-refractivity contribution in [3.05, 3.63) is 102 Å². The Morgan fingerprint density at radius 3 is 2.19 bits per heavy atom. The second kappa shape index (κ2) is 9.55. The lowest BCUT2D eigenvalue weighted by molar-refractivity contribution is 0.0707. The summed E-state index contributed by atoms with van der Waals surface area (Å²) in [5.74, 6) is 0.520. The van der Waals surface area contributed by atoms with Crippen LogP contribution in [0.15, 0.2) is 84.9 Å². The molecular weight excluding hydrogens is 338 g/mol. The SMILES string of the molecule is O=C(c1cccc(OCc2ccccc2)c1)N(CCO)Cc1ccccc1. The van der Waals surface area contributed by atoms with Gasteiger partial charge in [-0.3, -0.25) is 4.79 Å². The summed E-state index contributed by atoms with van der Waals surface area (Å²) in [7, 11) is 0. The number of aliphatic hydroxyl groups is 1. The van der Waals surface area contributed by atoms with E-state index in [1.54, 1.807) is 17.0 Å². The first-order valence-electron chi connectivity index (χ1n) is 8.97. The highest BCUT2D eigenvalue weighted by atomic mass is 16.5. The van der Waals surface area contributed by atoms with E-state index in [1.807, 2.05) is 72.8 Å². The molecule has 0 saturated heterocycles. The maximum Gasteiger partial charge on any atom is 0.254 e. The summed E-state index contributed by atoms with van der Waals surface area (Å²) in [5, 5.41) is 9.36. The summed E-state index contributed by atoms with van der Waals surface area (Å²) >= 11 is 0. The molecule has 0 heterocycles. The van der Waals surface area contributed by atoms with Gasteiger partial charge in [-0.15, -0.1) is 0 Å². The van der Waals surface area contributed by atoms with Gasteiger partial charge in [0, 0.05) is 18.7 Å². The second-order valence-electron chi connectivity index (χ2n) is 6.24. The fourth-order valence-electron chi connectivity index (χ4n) is 2.82. The lowest BCUT2D eigenvalue weighted by Gasteiger charge is -2.22. The average molecular weight is 361 g/mol. The van der Waals surface area contributed by atoms with Crippen molar-refractivity contribution in [3.63, 3.8) is 0 Å². The van der Waals surface area contributed by atoms with Crippen molar-refractivity contribution in [2.45, 2.75) is 13.2 Å². The minimum absolute atomic E-state index is 0.0806. The van der Waals surface area contributed by atoms with Crippen molar-refractivity contribution in [2.24, 2.45) is 0 Å². The van der Waals surface area contributed by atoms with Gasteiger partial charge in [-0.05, 0) is 29.3 Å². The van der Waals surface area contributed by atoms with Gasteiger partial charge in [0.1, 0.15) is 12.4 Å². The van der Waals surface area contributed by atoms with Crippen LogP contribution in [-0.4, -0.2) is 29.1 Å². The summed E-state index contributed by atoms with van der Waals surface area (Å²) in [6, 6.07) is 26.8. The molecule has 0 saturated carbocycles. The Morgan fingerprint density at radius 1 is 0.852 bits per heavy atom. The molecule has 3 rings (SSSR count). The van der Waals surface area contributed by atoms with Gasteiger partial charge in [0.2, 0.25) is 0 Å². The molecule has 0 aliphatic carbocycles. The molecule has 0 atom stereocenters. The minimum atomic E-state index is -0.127. The topological polar surface area (TPSA) is 49.8 Å². The van der Waals surface area contributed by atoms with E-state index in [0.29, 0.717) is 24.5 Å². The zero-order valence-electron chi connectivity index (χ0n) is 15.1. The lowest BCUT2D eigenvalue weighted by Crippen LogP contribution is -2.33. The molecule has 0 aromatic heterocycles. The fraction of sp³-hybridized carbons (Fsp3) is 0.174. The van der Waals surface area contributed by atoms with Gasteiger partial charge in [0.15, 0.2) is 0 Å². The Bertz CT molecular complexity index is 850. The molecule has 0 aliphatic rings. The maximum absolute atomic E-state index is 12.9. The van der Waals surface area contributed by atoms with Crippen LogP contribution in [0.1, 0.15) is 21.5 Å². The molecule has 0 aliphatic heterocycles. The van der Waals surface area contributed by atoms with Gasteiger partial charge >= 0.3 is 0 Å².